The Morgan fingerprint density at radius 2 is 1.25 bits per heavy atom. The van der Waals surface area contributed by atoms with Gasteiger partial charge in [-0.2, -0.15) is 22.0 Å². The summed E-state index contributed by atoms with van der Waals surface area (Å²) in [4.78, 5) is 14.3. The predicted molar refractivity (Wildman–Crippen MR) is 202 cm³/mol. The Morgan fingerprint density at radius 1 is 0.679 bits per heavy atom. The predicted octanol–water partition coefficient (Wildman–Crippen LogP) is 13.0. The molecule has 0 aliphatic rings. The largest absolute Gasteiger partial charge is 0.511 e. The number of aliphatic hydroxyl groups excluding tert-OH is 1. The van der Waals surface area contributed by atoms with Gasteiger partial charge in [0.05, 0.1) is 11.5 Å². The van der Waals surface area contributed by atoms with Gasteiger partial charge in [0, 0.05) is 37.3 Å². The molecule has 0 unspecified atom stereocenters. The smallest absolute Gasteiger partial charge is 0.458 e. The zero-order valence-corrected chi connectivity index (χ0v) is 33.2. The summed E-state index contributed by atoms with van der Waals surface area (Å²) in [7, 11) is 0. The number of allylic oxidation sites excluding steroid dienone is 2. The van der Waals surface area contributed by atoms with Gasteiger partial charge in [0.15, 0.2) is 0 Å². The number of carbonyl (C=O) groups excluding carboxylic acids is 1. The summed E-state index contributed by atoms with van der Waals surface area (Å²) < 4.78 is 66.1. The van der Waals surface area contributed by atoms with E-state index in [1.165, 1.54) is 12.1 Å². The average Bonchev–Trinajstić information content (AvgIpc) is 3.05. The molecule has 0 aliphatic carbocycles. The molecule has 3 nitrogen and oxygen atoms in total. The van der Waals surface area contributed by atoms with Crippen molar-refractivity contribution >= 4 is 38.1 Å². The van der Waals surface area contributed by atoms with Crippen LogP contribution in [0.3, 0.4) is 0 Å². The Kier molecular flexibility index (Phi) is 11.8. The maximum atomic E-state index is 13.8. The van der Waals surface area contributed by atoms with Gasteiger partial charge in [0.1, 0.15) is 5.76 Å². The molecule has 2 N–H and O–H groups in total. The summed E-state index contributed by atoms with van der Waals surface area (Å²) >= 11 is 0. The fourth-order valence-corrected chi connectivity index (χ4v) is 5.76. The molecule has 279 valence electrons. The number of hydrogen-bond donors (Lipinski definition) is 1. The van der Waals surface area contributed by atoms with E-state index < -0.39 is 17.7 Å². The van der Waals surface area contributed by atoms with E-state index >= 15 is 0 Å². The second-order valence-electron chi connectivity index (χ2n) is 15.3. The van der Waals surface area contributed by atoms with E-state index in [1.54, 1.807) is 24.4 Å². The molecule has 0 bridgehead atoms. The Hall–Kier alpha value is -4.46. The Morgan fingerprint density at radius 3 is 1.85 bits per heavy atom. The summed E-state index contributed by atoms with van der Waals surface area (Å²) in [5, 5.41) is 14.7. The maximum absolute atomic E-state index is 13.8. The van der Waals surface area contributed by atoms with Crippen LogP contribution in [0.25, 0.3) is 54.7 Å². The molecule has 6 rings (SSSR count). The van der Waals surface area contributed by atoms with Crippen molar-refractivity contribution in [1.29, 1.82) is 0 Å². The van der Waals surface area contributed by atoms with Crippen LogP contribution in [0.1, 0.15) is 58.2 Å². The van der Waals surface area contributed by atoms with Crippen LogP contribution in [-0.2, 0) is 26.0 Å². The summed E-state index contributed by atoms with van der Waals surface area (Å²) in [5.74, 6) is -4.49. The number of rotatable bonds is 4. The minimum absolute atomic E-state index is 0. The van der Waals surface area contributed by atoms with E-state index in [-0.39, 0.29) is 42.5 Å². The number of aryl methyl sites for hydroxylation is 2. The first-order valence-electron chi connectivity index (χ1n) is 16.9. The summed E-state index contributed by atoms with van der Waals surface area (Å²) in [5.41, 5.74) is 4.07. The van der Waals surface area contributed by atoms with Crippen LogP contribution in [0.2, 0.25) is 0 Å². The number of ketones is 1. The molecule has 0 saturated carbocycles. The van der Waals surface area contributed by atoms with Crippen LogP contribution in [0.4, 0.5) is 22.0 Å². The van der Waals surface area contributed by atoms with Gasteiger partial charge in [-0.15, -0.1) is 34.9 Å². The van der Waals surface area contributed by atoms with Crippen LogP contribution in [-0.4, -0.2) is 26.8 Å². The molecule has 6 aromatic rings. The first-order valence-corrected chi connectivity index (χ1v) is 16.9. The molecule has 53 heavy (non-hydrogen) atoms. The third-order valence-corrected chi connectivity index (χ3v) is 8.87. The number of fused-ring (bicyclic) bond motifs is 4. The first kappa shape index (κ1) is 41.3. The molecule has 0 fully saturated rings. The minimum atomic E-state index is -5.65. The van der Waals surface area contributed by atoms with Gasteiger partial charge in [0.25, 0.3) is 0 Å². The van der Waals surface area contributed by atoms with E-state index in [1.807, 2.05) is 78.8 Å². The standard InChI is InChI=1S/C33H21F5N.C11H20O2.Ir/c1-19-13-20(2)15-26(14-19)31-30-10-7-25-17-23(6-9-28(25)29(30)11-12-39-31)21-3-4-24-18-27(8-5-22(24)16-21)32(34,35)33(36,37)38;1-10(2,3)8(12)7-9(13)11(4,5)6;/h3-14,16-18H,1-2H3;7,12H,1-6H3;/q-1;;/p+1/b;8-7-;. The van der Waals surface area contributed by atoms with Crippen molar-refractivity contribution in [1.82, 2.24) is 4.98 Å². The molecule has 9 heteroatoms. The number of nitrogens with zero attached hydrogens (tertiary/aromatic N) is 1. The summed E-state index contributed by atoms with van der Waals surface area (Å²) in [6.45, 7) is 15.5. The summed E-state index contributed by atoms with van der Waals surface area (Å²) in [6, 6.07) is 27.9. The fraction of sp³-hybridized carbons (Fsp3) is 0.273. The molecule has 5 aromatic carbocycles. The van der Waals surface area contributed by atoms with Crippen LogP contribution >= 0.6 is 0 Å². The van der Waals surface area contributed by atoms with Gasteiger partial charge < -0.3 is 10.1 Å². The molecular formula is C44H42F5IrNO2. The van der Waals surface area contributed by atoms with Crippen molar-refractivity contribution in [3.63, 3.8) is 0 Å². The molecule has 0 spiro atoms. The molecular weight excluding hydrogens is 862 g/mol. The topological polar surface area (TPSA) is 54.5 Å². The Balaban J connectivity index is 0.000000386. The number of aliphatic hydroxyl groups is 1. The monoisotopic (exact) mass is 904 g/mol. The van der Waals surface area contributed by atoms with Crippen molar-refractivity contribution in [2.45, 2.75) is 67.5 Å². The second kappa shape index (κ2) is 15.1. The zero-order valence-electron chi connectivity index (χ0n) is 30.8. The van der Waals surface area contributed by atoms with Crippen molar-refractivity contribution in [3.8, 4) is 22.4 Å². The molecule has 1 aromatic heterocycles. The number of hydrogen-bond acceptors (Lipinski definition) is 2. The van der Waals surface area contributed by atoms with Crippen molar-refractivity contribution in [2.24, 2.45) is 10.8 Å². The van der Waals surface area contributed by atoms with E-state index in [9.17, 15) is 31.9 Å². The van der Waals surface area contributed by atoms with E-state index in [4.69, 9.17) is 0 Å². The van der Waals surface area contributed by atoms with Crippen LogP contribution in [0.5, 0.6) is 0 Å². The number of pyridine rings is 1. The zero-order chi connectivity index (χ0) is 38.4. The third kappa shape index (κ3) is 9.02. The van der Waals surface area contributed by atoms with Gasteiger partial charge in [-0.05, 0) is 94.2 Å². The summed E-state index contributed by atoms with van der Waals surface area (Å²) in [6.07, 6.45) is -2.40. The van der Waals surface area contributed by atoms with Crippen LogP contribution in [0, 0.1) is 30.7 Å². The van der Waals surface area contributed by atoms with Gasteiger partial charge >= 0.3 is 17.9 Å². The van der Waals surface area contributed by atoms with E-state index in [0.29, 0.717) is 10.8 Å². The maximum Gasteiger partial charge on any atom is 0.458 e. The molecule has 0 amide bonds. The number of aromatic nitrogens is 1. The third-order valence-electron chi connectivity index (χ3n) is 8.87. The average molecular weight is 904 g/mol. The number of benzene rings is 5. The van der Waals surface area contributed by atoms with Crippen LogP contribution < -0.4 is 0 Å². The number of halogens is 5. The normalized spacial score (nSPS) is 12.7. The SMILES string of the molecule is CC(C)(C)C(=[OH+])/C=C(\O)C(C)(C)C.Cc1[c-]c(-c2nccc3c2ccc2cc(-c4ccc5cc(C(F)(F)C(F)(F)F)ccc5c4)ccc23)cc(C)c1.[Ir]. The van der Waals surface area contributed by atoms with Gasteiger partial charge in [-0.25, -0.2) is 0 Å². The second-order valence-corrected chi connectivity index (χ2v) is 15.3. The quantitative estimate of drug-likeness (QED) is 0.0479. The molecule has 0 atom stereocenters. The molecule has 0 aliphatic heterocycles. The number of alkyl halides is 5. The first-order chi connectivity index (χ1) is 24.1. The molecule has 1 radical (unpaired) electrons. The minimum Gasteiger partial charge on any atom is -0.511 e. The van der Waals surface area contributed by atoms with Gasteiger partial charge in [-0.1, -0.05) is 83.1 Å². The van der Waals surface area contributed by atoms with E-state index in [0.717, 1.165) is 67.2 Å². The fourth-order valence-electron chi connectivity index (χ4n) is 5.76. The van der Waals surface area contributed by atoms with Gasteiger partial charge in [-0.3, -0.25) is 4.79 Å². The Labute approximate surface area is 320 Å². The van der Waals surface area contributed by atoms with Crippen molar-refractivity contribution in [2.75, 3.05) is 0 Å². The molecule has 1 heterocycles. The van der Waals surface area contributed by atoms with E-state index in [2.05, 4.69) is 36.2 Å². The Bertz CT molecular complexity index is 2330. The van der Waals surface area contributed by atoms with Gasteiger partial charge in [0.2, 0.25) is 0 Å². The van der Waals surface area contributed by atoms with Crippen LogP contribution in [0.15, 0.2) is 103 Å². The van der Waals surface area contributed by atoms with Crippen molar-refractivity contribution in [3.05, 3.63) is 126 Å². The molecule has 0 saturated heterocycles. The van der Waals surface area contributed by atoms with Crippen molar-refractivity contribution < 1.29 is 52.0 Å².